The van der Waals surface area contributed by atoms with Crippen molar-refractivity contribution in [2.75, 3.05) is 26.2 Å². The highest BCUT2D eigenvalue weighted by Crippen LogP contribution is 2.31. The van der Waals surface area contributed by atoms with Crippen LogP contribution in [0.4, 0.5) is 0 Å². The van der Waals surface area contributed by atoms with Crippen molar-refractivity contribution >= 4 is 45.0 Å². The third kappa shape index (κ3) is 4.14. The molecule has 1 saturated heterocycles. The van der Waals surface area contributed by atoms with Gasteiger partial charge in [-0.05, 0) is 42.3 Å². The minimum Gasteiger partial charge on any atom is -0.390 e. The van der Waals surface area contributed by atoms with E-state index in [1.807, 2.05) is 18.2 Å². The van der Waals surface area contributed by atoms with Gasteiger partial charge in [-0.1, -0.05) is 59.6 Å². The second-order valence-corrected chi connectivity index (χ2v) is 9.50. The summed E-state index contributed by atoms with van der Waals surface area (Å²) in [5.74, 6) is 0. The molecule has 1 aliphatic heterocycles. The van der Waals surface area contributed by atoms with E-state index in [0.717, 1.165) is 30.7 Å². The molecule has 3 aromatic carbocycles. The highest BCUT2D eigenvalue weighted by Gasteiger charge is 2.26. The molecule has 0 radical (unpaired) electrons. The number of rotatable bonds is 5. The van der Waals surface area contributed by atoms with Crippen LogP contribution in [0.5, 0.6) is 0 Å². The minimum atomic E-state index is -0.502. The summed E-state index contributed by atoms with van der Waals surface area (Å²) in [7, 11) is 0. The standard InChI is InChI=1S/C26H27Cl2N3O/c1-17-6-8-21-20-4-2-3-5-24(20)31(25(21)12-17)16-19(32)15-30-11-10-29-14-26(30)18-7-9-22(27)23(28)13-18/h2-9,12-13,19,26,29,32H,10-11,14-16H2,1H3. The van der Waals surface area contributed by atoms with E-state index in [1.165, 1.54) is 21.9 Å². The van der Waals surface area contributed by atoms with Crippen molar-refractivity contribution in [3.8, 4) is 0 Å². The second kappa shape index (κ2) is 9.05. The Hall–Kier alpha value is -2.08. The van der Waals surface area contributed by atoms with Crippen LogP contribution in [-0.2, 0) is 6.54 Å². The molecular formula is C26H27Cl2N3O. The zero-order valence-electron chi connectivity index (χ0n) is 18.1. The second-order valence-electron chi connectivity index (χ2n) is 8.69. The Bertz CT molecular complexity index is 1270. The van der Waals surface area contributed by atoms with Crippen molar-refractivity contribution in [2.24, 2.45) is 0 Å². The van der Waals surface area contributed by atoms with Gasteiger partial charge in [-0.25, -0.2) is 0 Å². The molecule has 0 saturated carbocycles. The summed E-state index contributed by atoms with van der Waals surface area (Å²) in [6, 6.07) is 21.0. The van der Waals surface area contributed by atoms with Crippen LogP contribution in [0.15, 0.2) is 60.7 Å². The number of piperazine rings is 1. The van der Waals surface area contributed by atoms with Crippen molar-refractivity contribution in [1.29, 1.82) is 0 Å². The summed E-state index contributed by atoms with van der Waals surface area (Å²) in [4.78, 5) is 2.35. The van der Waals surface area contributed by atoms with Crippen LogP contribution in [0.3, 0.4) is 0 Å². The smallest absolute Gasteiger partial charge is 0.0846 e. The molecule has 4 aromatic rings. The molecule has 32 heavy (non-hydrogen) atoms. The van der Waals surface area contributed by atoms with Gasteiger partial charge in [0, 0.05) is 54.0 Å². The SMILES string of the molecule is Cc1ccc2c3ccccc3n(CC(O)CN3CCNCC3c3ccc(Cl)c(Cl)c3)c2c1. The van der Waals surface area contributed by atoms with Crippen molar-refractivity contribution < 1.29 is 5.11 Å². The fraction of sp³-hybridized carbons (Fsp3) is 0.308. The number of aliphatic hydroxyl groups excluding tert-OH is 1. The molecule has 0 bridgehead atoms. The third-order valence-corrected chi connectivity index (χ3v) is 7.19. The quantitative estimate of drug-likeness (QED) is 0.411. The average Bonchev–Trinajstić information content (AvgIpc) is 3.09. The first kappa shape index (κ1) is 21.7. The first-order valence-electron chi connectivity index (χ1n) is 11.1. The largest absolute Gasteiger partial charge is 0.390 e. The lowest BCUT2D eigenvalue weighted by atomic mass is 10.0. The normalized spacial score (nSPS) is 18.4. The number of β-amino-alcohol motifs (C(OH)–C–C–N with tert-alkyl or cyclic N) is 1. The van der Waals surface area contributed by atoms with Crippen LogP contribution in [0.1, 0.15) is 17.2 Å². The van der Waals surface area contributed by atoms with E-state index in [9.17, 15) is 5.11 Å². The monoisotopic (exact) mass is 467 g/mol. The molecule has 1 aromatic heterocycles. The summed E-state index contributed by atoms with van der Waals surface area (Å²) >= 11 is 12.4. The first-order chi connectivity index (χ1) is 15.5. The Balaban J connectivity index is 1.42. The van der Waals surface area contributed by atoms with Gasteiger partial charge in [0.1, 0.15) is 0 Å². The van der Waals surface area contributed by atoms with Gasteiger partial charge in [0.2, 0.25) is 0 Å². The highest BCUT2D eigenvalue weighted by atomic mass is 35.5. The zero-order valence-corrected chi connectivity index (χ0v) is 19.6. The van der Waals surface area contributed by atoms with E-state index in [4.69, 9.17) is 23.2 Å². The lowest BCUT2D eigenvalue weighted by Crippen LogP contribution is -2.49. The highest BCUT2D eigenvalue weighted by molar-refractivity contribution is 6.42. The number of aromatic nitrogens is 1. The third-order valence-electron chi connectivity index (χ3n) is 6.45. The Morgan fingerprint density at radius 2 is 1.78 bits per heavy atom. The molecular weight excluding hydrogens is 441 g/mol. The summed E-state index contributed by atoms with van der Waals surface area (Å²) in [6.45, 7) is 5.84. The van der Waals surface area contributed by atoms with Crippen LogP contribution in [0, 0.1) is 6.92 Å². The molecule has 5 rings (SSSR count). The van der Waals surface area contributed by atoms with Gasteiger partial charge in [-0.3, -0.25) is 4.90 Å². The van der Waals surface area contributed by atoms with Gasteiger partial charge in [0.25, 0.3) is 0 Å². The van der Waals surface area contributed by atoms with Crippen molar-refractivity contribution in [3.05, 3.63) is 81.8 Å². The summed E-state index contributed by atoms with van der Waals surface area (Å²) in [6.07, 6.45) is -0.502. The van der Waals surface area contributed by atoms with Crippen LogP contribution in [0.25, 0.3) is 21.8 Å². The number of aryl methyl sites for hydroxylation is 1. The van der Waals surface area contributed by atoms with Gasteiger partial charge < -0.3 is 15.0 Å². The summed E-state index contributed by atoms with van der Waals surface area (Å²) in [5.41, 5.74) is 4.67. The van der Waals surface area contributed by atoms with E-state index in [0.29, 0.717) is 23.1 Å². The molecule has 2 unspecified atom stereocenters. The van der Waals surface area contributed by atoms with E-state index in [1.54, 1.807) is 0 Å². The van der Waals surface area contributed by atoms with E-state index in [-0.39, 0.29) is 6.04 Å². The fourth-order valence-corrected chi connectivity index (χ4v) is 5.21. The molecule has 166 valence electrons. The number of nitrogens with zero attached hydrogens (tertiary/aromatic N) is 2. The molecule has 2 atom stereocenters. The van der Waals surface area contributed by atoms with Crippen LogP contribution in [-0.4, -0.2) is 46.9 Å². The fourth-order valence-electron chi connectivity index (χ4n) is 4.91. The van der Waals surface area contributed by atoms with Crippen LogP contribution < -0.4 is 5.32 Å². The lowest BCUT2D eigenvalue weighted by molar-refractivity contribution is 0.0651. The molecule has 1 fully saturated rings. The number of hydrogen-bond acceptors (Lipinski definition) is 3. The maximum absolute atomic E-state index is 11.2. The van der Waals surface area contributed by atoms with Gasteiger partial charge in [-0.2, -0.15) is 0 Å². The Morgan fingerprint density at radius 1 is 0.969 bits per heavy atom. The molecule has 2 N–H and O–H groups in total. The molecule has 0 amide bonds. The Morgan fingerprint density at radius 3 is 2.62 bits per heavy atom. The molecule has 0 aliphatic carbocycles. The topological polar surface area (TPSA) is 40.4 Å². The number of fused-ring (bicyclic) bond motifs is 3. The molecule has 4 nitrogen and oxygen atoms in total. The van der Waals surface area contributed by atoms with Gasteiger partial charge in [0.15, 0.2) is 0 Å². The van der Waals surface area contributed by atoms with E-state index >= 15 is 0 Å². The molecule has 2 heterocycles. The van der Waals surface area contributed by atoms with Crippen LogP contribution in [0.2, 0.25) is 10.0 Å². The van der Waals surface area contributed by atoms with Crippen molar-refractivity contribution in [1.82, 2.24) is 14.8 Å². The summed E-state index contributed by atoms with van der Waals surface area (Å²) in [5, 5.41) is 18.2. The lowest BCUT2D eigenvalue weighted by Gasteiger charge is -2.37. The minimum absolute atomic E-state index is 0.147. The molecule has 6 heteroatoms. The number of para-hydroxylation sites is 1. The summed E-state index contributed by atoms with van der Waals surface area (Å²) < 4.78 is 2.26. The zero-order chi connectivity index (χ0) is 22.2. The van der Waals surface area contributed by atoms with Crippen molar-refractivity contribution in [3.63, 3.8) is 0 Å². The Labute approximate surface area is 198 Å². The number of aliphatic hydroxyl groups is 1. The maximum atomic E-state index is 11.2. The Kier molecular flexibility index (Phi) is 6.15. The predicted molar refractivity (Wildman–Crippen MR) is 134 cm³/mol. The predicted octanol–water partition coefficient (Wildman–Crippen LogP) is 5.42. The van der Waals surface area contributed by atoms with Gasteiger partial charge in [0.05, 0.1) is 22.7 Å². The van der Waals surface area contributed by atoms with E-state index in [2.05, 4.69) is 64.2 Å². The van der Waals surface area contributed by atoms with E-state index < -0.39 is 6.10 Å². The number of benzene rings is 3. The molecule has 1 aliphatic rings. The van der Waals surface area contributed by atoms with Gasteiger partial charge in [-0.15, -0.1) is 0 Å². The van der Waals surface area contributed by atoms with Crippen LogP contribution >= 0.6 is 23.2 Å². The number of nitrogens with one attached hydrogen (secondary N) is 1. The number of hydrogen-bond donors (Lipinski definition) is 2. The van der Waals surface area contributed by atoms with Crippen molar-refractivity contribution in [2.45, 2.75) is 25.6 Å². The first-order valence-corrected chi connectivity index (χ1v) is 11.8. The maximum Gasteiger partial charge on any atom is 0.0846 e. The number of halogens is 2. The molecule has 0 spiro atoms. The van der Waals surface area contributed by atoms with Gasteiger partial charge >= 0.3 is 0 Å². The average molecular weight is 468 g/mol.